The van der Waals surface area contributed by atoms with Crippen LogP contribution < -0.4 is 0 Å². The molecule has 1 nitrogen and oxygen atoms in total. The third-order valence-electron chi connectivity index (χ3n) is 1.23. The summed E-state index contributed by atoms with van der Waals surface area (Å²) in [6, 6.07) is 8.41. The van der Waals surface area contributed by atoms with Gasteiger partial charge in [0, 0.05) is 17.1 Å². The predicted molar refractivity (Wildman–Crippen MR) is 39.4 cm³/mol. The number of rotatable bonds is 2. The van der Waals surface area contributed by atoms with Crippen molar-refractivity contribution in [1.82, 2.24) is 4.90 Å². The fraction of sp³-hybridized carbons (Fsp3) is 0.375. The molecule has 0 bridgehead atoms. The van der Waals surface area contributed by atoms with Gasteiger partial charge in [-0.05, 0) is 20.6 Å². The van der Waals surface area contributed by atoms with Gasteiger partial charge in [0.15, 0.2) is 0 Å². The number of nitrogens with zero attached hydrogens (tertiary/aromatic N) is 1. The van der Waals surface area contributed by atoms with E-state index in [0.29, 0.717) is 0 Å². The van der Waals surface area contributed by atoms with E-state index in [1.807, 2.05) is 0 Å². The van der Waals surface area contributed by atoms with Gasteiger partial charge in [0.1, 0.15) is 0 Å². The van der Waals surface area contributed by atoms with E-state index < -0.39 is 0 Å². The average Bonchev–Trinajstić information content (AvgIpc) is 2.15. The molecule has 57 valence electrons. The van der Waals surface area contributed by atoms with E-state index in [-0.39, 0.29) is 17.1 Å². The van der Waals surface area contributed by atoms with Crippen LogP contribution in [0.15, 0.2) is 24.3 Å². The van der Waals surface area contributed by atoms with Gasteiger partial charge >= 0.3 is 0 Å². The SMILES string of the molecule is CN(C)C[c-]1cccc1.[Mn]. The zero-order valence-corrected chi connectivity index (χ0v) is 7.52. The Morgan fingerprint density at radius 3 is 2.10 bits per heavy atom. The molecule has 0 atom stereocenters. The summed E-state index contributed by atoms with van der Waals surface area (Å²) >= 11 is 0. The van der Waals surface area contributed by atoms with Crippen molar-refractivity contribution >= 4 is 0 Å². The van der Waals surface area contributed by atoms with Crippen LogP contribution in [-0.2, 0) is 23.6 Å². The third kappa shape index (κ3) is 3.11. The molecule has 0 unspecified atom stereocenters. The summed E-state index contributed by atoms with van der Waals surface area (Å²) < 4.78 is 0. The van der Waals surface area contributed by atoms with Gasteiger partial charge in [-0.15, -0.1) is 5.56 Å². The fourth-order valence-corrected chi connectivity index (χ4v) is 0.884. The van der Waals surface area contributed by atoms with Crippen molar-refractivity contribution in [1.29, 1.82) is 0 Å². The zero-order valence-electron chi connectivity index (χ0n) is 6.34. The quantitative estimate of drug-likeness (QED) is 0.488. The van der Waals surface area contributed by atoms with Gasteiger partial charge < -0.3 is 4.90 Å². The topological polar surface area (TPSA) is 3.24 Å². The predicted octanol–water partition coefficient (Wildman–Crippen LogP) is 1.46. The summed E-state index contributed by atoms with van der Waals surface area (Å²) in [5, 5.41) is 0. The molecule has 0 aromatic heterocycles. The van der Waals surface area contributed by atoms with E-state index in [2.05, 4.69) is 43.3 Å². The third-order valence-corrected chi connectivity index (χ3v) is 1.23. The normalized spacial score (nSPS) is 9.50. The maximum atomic E-state index is 2.16. The molecular formula is C8H12MnN-. The van der Waals surface area contributed by atoms with Gasteiger partial charge in [0.25, 0.3) is 0 Å². The Morgan fingerprint density at radius 2 is 1.70 bits per heavy atom. The minimum absolute atomic E-state index is 0. The Morgan fingerprint density at radius 1 is 1.20 bits per heavy atom. The Kier molecular flexibility index (Phi) is 4.54. The molecule has 0 aliphatic heterocycles. The average molecular weight is 177 g/mol. The smallest absolute Gasteiger partial charge is 0 e. The van der Waals surface area contributed by atoms with Gasteiger partial charge in [-0.3, -0.25) is 0 Å². The summed E-state index contributed by atoms with van der Waals surface area (Å²) in [7, 11) is 4.15. The van der Waals surface area contributed by atoms with Gasteiger partial charge in [-0.2, -0.15) is 12.1 Å². The first kappa shape index (κ1) is 9.83. The fourth-order valence-electron chi connectivity index (χ4n) is 0.884. The summed E-state index contributed by atoms with van der Waals surface area (Å²) in [4.78, 5) is 2.16. The largest absolute Gasteiger partial charge is 0.316 e. The Labute approximate surface area is 72.9 Å². The molecule has 0 amide bonds. The van der Waals surface area contributed by atoms with Crippen molar-refractivity contribution in [3.63, 3.8) is 0 Å². The molecule has 0 N–H and O–H groups in total. The van der Waals surface area contributed by atoms with Crippen molar-refractivity contribution in [2.24, 2.45) is 0 Å². The van der Waals surface area contributed by atoms with Gasteiger partial charge in [0.2, 0.25) is 0 Å². The molecule has 10 heavy (non-hydrogen) atoms. The van der Waals surface area contributed by atoms with E-state index in [0.717, 1.165) is 6.54 Å². The monoisotopic (exact) mass is 177 g/mol. The van der Waals surface area contributed by atoms with Crippen molar-refractivity contribution in [3.8, 4) is 0 Å². The Balaban J connectivity index is 0.000000810. The van der Waals surface area contributed by atoms with Gasteiger partial charge in [-0.1, -0.05) is 0 Å². The van der Waals surface area contributed by atoms with Crippen molar-refractivity contribution in [2.45, 2.75) is 6.54 Å². The van der Waals surface area contributed by atoms with Gasteiger partial charge in [0.05, 0.1) is 0 Å². The summed E-state index contributed by atoms with van der Waals surface area (Å²) in [6.45, 7) is 1.05. The van der Waals surface area contributed by atoms with Crippen LogP contribution >= 0.6 is 0 Å². The molecule has 1 aromatic rings. The minimum atomic E-state index is 0. The molecule has 0 saturated heterocycles. The molecule has 0 fully saturated rings. The van der Waals surface area contributed by atoms with E-state index in [9.17, 15) is 0 Å². The van der Waals surface area contributed by atoms with E-state index >= 15 is 0 Å². The first-order valence-electron chi connectivity index (χ1n) is 3.14. The molecule has 0 aliphatic rings. The van der Waals surface area contributed by atoms with Crippen LogP contribution in [0.5, 0.6) is 0 Å². The van der Waals surface area contributed by atoms with E-state index in [1.165, 1.54) is 5.56 Å². The van der Waals surface area contributed by atoms with Crippen LogP contribution in [0.4, 0.5) is 0 Å². The molecule has 0 saturated carbocycles. The van der Waals surface area contributed by atoms with Crippen molar-refractivity contribution in [2.75, 3.05) is 14.1 Å². The Hall–Kier alpha value is -0.171. The molecule has 1 rings (SSSR count). The standard InChI is InChI=1S/C8H12N.Mn/c1-9(2)7-8-5-3-4-6-8;/h3-6H,7H2,1-2H3;/q-1;. The second-order valence-electron chi connectivity index (χ2n) is 2.53. The number of hydrogen-bond donors (Lipinski definition) is 0. The van der Waals surface area contributed by atoms with Crippen LogP contribution in [0.3, 0.4) is 0 Å². The minimum Gasteiger partial charge on any atom is -0.316 e. The first-order valence-corrected chi connectivity index (χ1v) is 3.14. The van der Waals surface area contributed by atoms with Crippen LogP contribution in [0.2, 0.25) is 0 Å². The second kappa shape index (κ2) is 4.62. The van der Waals surface area contributed by atoms with Crippen molar-refractivity contribution in [3.05, 3.63) is 29.8 Å². The molecule has 1 radical (unpaired) electrons. The Bertz CT molecular complexity index is 156. The molecule has 2 heteroatoms. The molecule has 0 aliphatic carbocycles. The van der Waals surface area contributed by atoms with Gasteiger partial charge in [-0.25, -0.2) is 12.1 Å². The first-order chi connectivity index (χ1) is 4.29. The maximum Gasteiger partial charge on any atom is 0 e. The van der Waals surface area contributed by atoms with Crippen LogP contribution in [0, 0.1) is 0 Å². The molecule has 1 aromatic carbocycles. The molecular weight excluding hydrogens is 165 g/mol. The van der Waals surface area contributed by atoms with E-state index in [1.54, 1.807) is 0 Å². The maximum absolute atomic E-state index is 2.16. The van der Waals surface area contributed by atoms with Crippen LogP contribution in [0.25, 0.3) is 0 Å². The van der Waals surface area contributed by atoms with Crippen LogP contribution in [-0.4, -0.2) is 19.0 Å². The van der Waals surface area contributed by atoms with Crippen LogP contribution in [0.1, 0.15) is 5.56 Å². The summed E-state index contributed by atoms with van der Waals surface area (Å²) in [5.41, 5.74) is 1.39. The summed E-state index contributed by atoms with van der Waals surface area (Å²) in [6.07, 6.45) is 0. The summed E-state index contributed by atoms with van der Waals surface area (Å²) in [5.74, 6) is 0. The number of hydrogen-bond acceptors (Lipinski definition) is 1. The zero-order chi connectivity index (χ0) is 6.69. The molecule has 0 heterocycles. The molecule has 0 spiro atoms. The second-order valence-corrected chi connectivity index (χ2v) is 2.53. The van der Waals surface area contributed by atoms with E-state index in [4.69, 9.17) is 0 Å². The van der Waals surface area contributed by atoms with Crippen molar-refractivity contribution < 1.29 is 17.1 Å².